The number of hydrogen-bond donors (Lipinski definition) is 1. The number of likely N-dealkylation sites (tertiary alicyclic amines) is 1. The van der Waals surface area contributed by atoms with Gasteiger partial charge in [-0.15, -0.1) is 13.2 Å². The second-order valence-corrected chi connectivity index (χ2v) is 7.43. The highest BCUT2D eigenvalue weighted by Gasteiger charge is 2.36. The van der Waals surface area contributed by atoms with Crippen LogP contribution in [-0.4, -0.2) is 41.2 Å². The fourth-order valence-electron chi connectivity index (χ4n) is 2.90. The zero-order chi connectivity index (χ0) is 19.6. The molecule has 0 aliphatic carbocycles. The Morgan fingerprint density at radius 2 is 1.88 bits per heavy atom. The zero-order valence-corrected chi connectivity index (χ0v) is 15.1. The summed E-state index contributed by atoms with van der Waals surface area (Å²) < 4.78 is 46.5. The first kappa shape index (κ1) is 20.4. The van der Waals surface area contributed by atoms with Crippen molar-refractivity contribution >= 4 is 6.09 Å². The van der Waals surface area contributed by atoms with Gasteiger partial charge in [-0.25, -0.2) is 4.79 Å². The molecule has 1 aromatic rings. The van der Waals surface area contributed by atoms with Crippen LogP contribution in [0.3, 0.4) is 0 Å². The van der Waals surface area contributed by atoms with Gasteiger partial charge in [0.1, 0.15) is 11.4 Å². The highest BCUT2D eigenvalue weighted by Crippen LogP contribution is 2.35. The van der Waals surface area contributed by atoms with Gasteiger partial charge in [-0.3, -0.25) is 0 Å². The maximum Gasteiger partial charge on any atom is 0.573 e. The molecule has 26 heavy (non-hydrogen) atoms. The van der Waals surface area contributed by atoms with Gasteiger partial charge in [0.15, 0.2) is 0 Å². The van der Waals surface area contributed by atoms with Crippen molar-refractivity contribution in [3.63, 3.8) is 0 Å². The maximum absolute atomic E-state index is 12.4. The summed E-state index contributed by atoms with van der Waals surface area (Å²) in [7, 11) is 0. The van der Waals surface area contributed by atoms with Crippen LogP contribution in [0.2, 0.25) is 0 Å². The van der Waals surface area contributed by atoms with E-state index in [1.54, 1.807) is 26.8 Å². The number of nitrogens with zero attached hydrogens (tertiary/aromatic N) is 1. The number of alkyl halides is 3. The van der Waals surface area contributed by atoms with E-state index in [-0.39, 0.29) is 18.7 Å². The number of hydrogen-bond acceptors (Lipinski definition) is 4. The molecular weight excluding hydrogens is 351 g/mol. The van der Waals surface area contributed by atoms with Gasteiger partial charge in [0, 0.05) is 13.1 Å². The van der Waals surface area contributed by atoms with Crippen LogP contribution in [0, 0.1) is 0 Å². The summed E-state index contributed by atoms with van der Waals surface area (Å²) in [5.74, 6) is -0.378. The topological polar surface area (TPSA) is 59.0 Å². The maximum atomic E-state index is 12.4. The first-order chi connectivity index (χ1) is 11.9. The fraction of sp³-hybridized carbons (Fsp3) is 0.611. The lowest BCUT2D eigenvalue weighted by Gasteiger charge is -2.29. The van der Waals surface area contributed by atoms with Crippen molar-refractivity contribution < 1.29 is 32.5 Å². The quantitative estimate of drug-likeness (QED) is 0.842. The third-order valence-corrected chi connectivity index (χ3v) is 4.07. The SMILES string of the molecule is CC(C)(C)OC(=O)N1CCCC(O)(c2cccc(OC(F)(F)F)c2)CC1. The molecule has 0 radical (unpaired) electrons. The summed E-state index contributed by atoms with van der Waals surface area (Å²) >= 11 is 0. The number of amides is 1. The lowest BCUT2D eigenvalue weighted by atomic mass is 9.87. The van der Waals surface area contributed by atoms with Gasteiger partial charge in [0.2, 0.25) is 0 Å². The number of aliphatic hydroxyl groups is 1. The van der Waals surface area contributed by atoms with Crippen LogP contribution >= 0.6 is 0 Å². The molecule has 0 spiro atoms. The Bertz CT molecular complexity index is 642. The normalized spacial score (nSPS) is 21.9. The first-order valence-corrected chi connectivity index (χ1v) is 8.45. The van der Waals surface area contributed by atoms with Crippen LogP contribution in [0.5, 0.6) is 5.75 Å². The summed E-state index contributed by atoms with van der Waals surface area (Å²) in [5, 5.41) is 11.0. The van der Waals surface area contributed by atoms with Crippen molar-refractivity contribution in [1.29, 1.82) is 0 Å². The van der Waals surface area contributed by atoms with Crippen molar-refractivity contribution in [1.82, 2.24) is 4.90 Å². The number of benzene rings is 1. The van der Waals surface area contributed by atoms with Gasteiger partial charge < -0.3 is 19.5 Å². The number of ether oxygens (including phenoxy) is 2. The average Bonchev–Trinajstić information content (AvgIpc) is 2.67. The third-order valence-electron chi connectivity index (χ3n) is 4.07. The van der Waals surface area contributed by atoms with Crippen molar-refractivity contribution in [2.45, 2.75) is 57.6 Å². The summed E-state index contributed by atoms with van der Waals surface area (Å²) in [6.07, 6.45) is -4.24. The molecule has 1 unspecified atom stereocenters. The van der Waals surface area contributed by atoms with E-state index in [0.29, 0.717) is 24.9 Å². The van der Waals surface area contributed by atoms with Gasteiger partial charge in [-0.05, 0) is 57.7 Å². The molecular formula is C18H24F3NO4. The van der Waals surface area contributed by atoms with Crippen molar-refractivity contribution in [2.24, 2.45) is 0 Å². The smallest absolute Gasteiger partial charge is 0.444 e. The number of carbonyl (C=O) groups is 1. The molecule has 1 saturated heterocycles. The number of rotatable bonds is 2. The zero-order valence-electron chi connectivity index (χ0n) is 15.1. The van der Waals surface area contributed by atoms with Gasteiger partial charge in [0.25, 0.3) is 0 Å². The molecule has 1 aliphatic rings. The highest BCUT2D eigenvalue weighted by molar-refractivity contribution is 5.68. The third kappa shape index (κ3) is 5.79. The molecule has 1 N–H and O–H groups in total. The molecule has 1 aromatic carbocycles. The van der Waals surface area contributed by atoms with Crippen LogP contribution in [-0.2, 0) is 10.3 Å². The van der Waals surface area contributed by atoms with Gasteiger partial charge in [-0.1, -0.05) is 12.1 Å². The molecule has 5 nitrogen and oxygen atoms in total. The van der Waals surface area contributed by atoms with E-state index in [0.717, 1.165) is 0 Å². The minimum Gasteiger partial charge on any atom is -0.444 e. The van der Waals surface area contributed by atoms with E-state index in [9.17, 15) is 23.1 Å². The molecule has 1 aliphatic heterocycles. The molecule has 0 bridgehead atoms. The van der Waals surface area contributed by atoms with Crippen LogP contribution < -0.4 is 4.74 Å². The Balaban J connectivity index is 2.11. The summed E-state index contributed by atoms with van der Waals surface area (Å²) in [6, 6.07) is 5.35. The van der Waals surface area contributed by atoms with Gasteiger partial charge in [-0.2, -0.15) is 0 Å². The van der Waals surface area contributed by atoms with E-state index in [1.165, 1.54) is 23.1 Å². The molecule has 0 aromatic heterocycles. The Labute approximate surface area is 150 Å². The molecule has 1 atom stereocenters. The van der Waals surface area contributed by atoms with Crippen molar-refractivity contribution in [3.05, 3.63) is 29.8 Å². The Kier molecular flexibility index (Phi) is 5.75. The van der Waals surface area contributed by atoms with Crippen molar-refractivity contribution in [2.75, 3.05) is 13.1 Å². The van der Waals surface area contributed by atoms with E-state index in [1.807, 2.05) is 0 Å². The molecule has 1 fully saturated rings. The molecule has 8 heteroatoms. The molecule has 1 heterocycles. The predicted molar refractivity (Wildman–Crippen MR) is 88.7 cm³/mol. The lowest BCUT2D eigenvalue weighted by Crippen LogP contribution is -2.38. The number of halogens is 3. The average molecular weight is 375 g/mol. The van der Waals surface area contributed by atoms with E-state index in [2.05, 4.69) is 4.74 Å². The second kappa shape index (κ2) is 7.34. The summed E-state index contributed by atoms with van der Waals surface area (Å²) in [6.45, 7) is 5.97. The van der Waals surface area contributed by atoms with E-state index < -0.39 is 23.7 Å². The largest absolute Gasteiger partial charge is 0.573 e. The minimum absolute atomic E-state index is 0.196. The Morgan fingerprint density at radius 3 is 2.50 bits per heavy atom. The molecule has 1 amide bonds. The summed E-state index contributed by atoms with van der Waals surface area (Å²) in [5.41, 5.74) is -1.62. The van der Waals surface area contributed by atoms with E-state index >= 15 is 0 Å². The lowest BCUT2D eigenvalue weighted by molar-refractivity contribution is -0.274. The van der Waals surface area contributed by atoms with Crippen LogP contribution in [0.1, 0.15) is 45.6 Å². The van der Waals surface area contributed by atoms with Crippen LogP contribution in [0.15, 0.2) is 24.3 Å². The molecule has 2 rings (SSSR count). The van der Waals surface area contributed by atoms with Gasteiger partial charge in [0.05, 0.1) is 5.60 Å². The molecule has 0 saturated carbocycles. The monoisotopic (exact) mass is 375 g/mol. The van der Waals surface area contributed by atoms with Crippen LogP contribution in [0.4, 0.5) is 18.0 Å². The second-order valence-electron chi connectivity index (χ2n) is 7.43. The Hall–Kier alpha value is -1.96. The van der Waals surface area contributed by atoms with Crippen molar-refractivity contribution in [3.8, 4) is 5.75 Å². The minimum atomic E-state index is -4.79. The fourth-order valence-corrected chi connectivity index (χ4v) is 2.90. The van der Waals surface area contributed by atoms with Gasteiger partial charge >= 0.3 is 12.5 Å². The predicted octanol–water partition coefficient (Wildman–Crippen LogP) is 4.19. The van der Waals surface area contributed by atoms with Crippen LogP contribution in [0.25, 0.3) is 0 Å². The Morgan fingerprint density at radius 1 is 1.19 bits per heavy atom. The molecule has 146 valence electrons. The standard InChI is InChI=1S/C18H24F3NO4/c1-16(2,3)26-15(23)22-10-5-8-17(24,9-11-22)13-6-4-7-14(12-13)25-18(19,20)21/h4,6-7,12,24H,5,8-11H2,1-3H3. The number of carbonyl (C=O) groups excluding carboxylic acids is 1. The van der Waals surface area contributed by atoms with E-state index in [4.69, 9.17) is 4.74 Å². The highest BCUT2D eigenvalue weighted by atomic mass is 19.4. The first-order valence-electron chi connectivity index (χ1n) is 8.45. The summed E-state index contributed by atoms with van der Waals surface area (Å²) in [4.78, 5) is 13.7.